The van der Waals surface area contributed by atoms with Gasteiger partial charge in [0.05, 0.1) is 17.4 Å². The summed E-state index contributed by atoms with van der Waals surface area (Å²) >= 11 is 1.94. The van der Waals surface area contributed by atoms with Gasteiger partial charge < -0.3 is 10.3 Å². The zero-order chi connectivity index (χ0) is 13.9. The first-order valence-electron chi connectivity index (χ1n) is 7.03. The Hall–Kier alpha value is -1.49. The number of thioether (sulfide) groups is 1. The van der Waals surface area contributed by atoms with E-state index in [0.29, 0.717) is 11.6 Å². The Morgan fingerprint density at radius 3 is 2.90 bits per heavy atom. The number of aromatic amines is 1. The zero-order valence-corrected chi connectivity index (χ0v) is 12.4. The number of hydrogen-bond acceptors (Lipinski definition) is 3. The Kier molecular flexibility index (Phi) is 3.96. The average Bonchev–Trinajstić information content (AvgIpc) is 2.95. The molecule has 4 nitrogen and oxygen atoms in total. The van der Waals surface area contributed by atoms with E-state index in [9.17, 15) is 4.79 Å². The molecule has 0 saturated heterocycles. The fourth-order valence-corrected chi connectivity index (χ4v) is 3.53. The highest BCUT2D eigenvalue weighted by Gasteiger charge is 2.22. The lowest BCUT2D eigenvalue weighted by Gasteiger charge is -2.28. The first-order valence-corrected chi connectivity index (χ1v) is 8.32. The molecule has 0 spiro atoms. The lowest BCUT2D eigenvalue weighted by atomic mass is 9.94. The lowest BCUT2D eigenvalue weighted by Crippen LogP contribution is -2.38. The molecule has 1 aliphatic rings. The van der Waals surface area contributed by atoms with Crippen molar-refractivity contribution in [2.75, 3.05) is 6.26 Å². The summed E-state index contributed by atoms with van der Waals surface area (Å²) in [6, 6.07) is 5.91. The van der Waals surface area contributed by atoms with Crippen molar-refractivity contribution in [3.05, 3.63) is 30.1 Å². The molecule has 0 unspecified atom stereocenters. The van der Waals surface area contributed by atoms with Crippen molar-refractivity contribution in [2.24, 2.45) is 0 Å². The number of aromatic nitrogens is 2. The Morgan fingerprint density at radius 1 is 1.35 bits per heavy atom. The number of carbonyl (C=O) groups is 1. The second-order valence-corrected chi connectivity index (χ2v) is 6.46. The Balaban J connectivity index is 1.64. The third-order valence-electron chi connectivity index (χ3n) is 4.03. The molecule has 1 amide bonds. The molecular formula is C15H19N3OS. The summed E-state index contributed by atoms with van der Waals surface area (Å²) in [5, 5.41) is 3.92. The van der Waals surface area contributed by atoms with Crippen molar-refractivity contribution in [1.29, 1.82) is 0 Å². The van der Waals surface area contributed by atoms with Crippen molar-refractivity contribution in [2.45, 2.75) is 37.0 Å². The van der Waals surface area contributed by atoms with Crippen LogP contribution >= 0.6 is 11.8 Å². The highest BCUT2D eigenvalue weighted by molar-refractivity contribution is 7.99. The molecule has 106 valence electrons. The van der Waals surface area contributed by atoms with Crippen LogP contribution in [0.1, 0.15) is 36.0 Å². The molecule has 1 fully saturated rings. The molecule has 3 rings (SSSR count). The number of amides is 1. The molecule has 1 heterocycles. The molecular weight excluding hydrogens is 270 g/mol. The van der Waals surface area contributed by atoms with Gasteiger partial charge in [-0.1, -0.05) is 0 Å². The lowest BCUT2D eigenvalue weighted by molar-refractivity contribution is 0.0928. The predicted molar refractivity (Wildman–Crippen MR) is 83.1 cm³/mol. The highest BCUT2D eigenvalue weighted by atomic mass is 32.2. The number of rotatable bonds is 3. The Bertz CT molecular complexity index is 602. The molecule has 5 heteroatoms. The van der Waals surface area contributed by atoms with Gasteiger partial charge in [-0.3, -0.25) is 4.79 Å². The minimum atomic E-state index is 0.0223. The quantitative estimate of drug-likeness (QED) is 0.913. The van der Waals surface area contributed by atoms with Gasteiger partial charge >= 0.3 is 0 Å². The third-order valence-corrected chi connectivity index (χ3v) is 5.16. The summed E-state index contributed by atoms with van der Waals surface area (Å²) in [5.41, 5.74) is 2.50. The van der Waals surface area contributed by atoms with Gasteiger partial charge in [-0.05, 0) is 50.1 Å². The van der Waals surface area contributed by atoms with E-state index in [2.05, 4.69) is 21.5 Å². The number of nitrogens with zero attached hydrogens (tertiary/aromatic N) is 1. The monoisotopic (exact) mass is 289 g/mol. The predicted octanol–water partition coefficient (Wildman–Crippen LogP) is 2.97. The van der Waals surface area contributed by atoms with Gasteiger partial charge in [-0.15, -0.1) is 0 Å². The fraction of sp³-hybridized carbons (Fsp3) is 0.467. The van der Waals surface area contributed by atoms with E-state index in [0.717, 1.165) is 29.1 Å². The minimum absolute atomic E-state index is 0.0223. The molecule has 0 aliphatic heterocycles. The summed E-state index contributed by atoms with van der Waals surface area (Å²) in [5.74, 6) is 0.0223. The van der Waals surface area contributed by atoms with E-state index in [1.54, 1.807) is 6.33 Å². The number of carbonyl (C=O) groups excluding carboxylic acids is 1. The molecule has 1 saturated carbocycles. The van der Waals surface area contributed by atoms with Crippen molar-refractivity contribution >= 4 is 28.7 Å². The van der Waals surface area contributed by atoms with Crippen LogP contribution in [-0.4, -0.2) is 33.4 Å². The number of hydrogen-bond donors (Lipinski definition) is 2. The van der Waals surface area contributed by atoms with Gasteiger partial charge in [-0.2, -0.15) is 11.8 Å². The van der Waals surface area contributed by atoms with Crippen LogP contribution in [0.2, 0.25) is 0 Å². The normalized spacial score (nSPS) is 22.9. The number of benzene rings is 1. The van der Waals surface area contributed by atoms with E-state index < -0.39 is 0 Å². The maximum absolute atomic E-state index is 12.3. The number of fused-ring (bicyclic) bond motifs is 1. The second kappa shape index (κ2) is 5.87. The van der Waals surface area contributed by atoms with Gasteiger partial charge in [0.15, 0.2) is 0 Å². The molecule has 0 atom stereocenters. The largest absolute Gasteiger partial charge is 0.349 e. The van der Waals surface area contributed by atoms with Crippen molar-refractivity contribution in [3.63, 3.8) is 0 Å². The third kappa shape index (κ3) is 2.82. The fourth-order valence-electron chi connectivity index (χ4n) is 2.79. The first-order chi connectivity index (χ1) is 9.76. The van der Waals surface area contributed by atoms with Crippen LogP contribution < -0.4 is 5.32 Å². The molecule has 2 N–H and O–H groups in total. The average molecular weight is 289 g/mol. The molecule has 0 bridgehead atoms. The van der Waals surface area contributed by atoms with Crippen LogP contribution in [0.5, 0.6) is 0 Å². The van der Waals surface area contributed by atoms with Gasteiger partial charge in [0.1, 0.15) is 0 Å². The zero-order valence-electron chi connectivity index (χ0n) is 11.6. The maximum Gasteiger partial charge on any atom is 0.251 e. The van der Waals surface area contributed by atoms with E-state index in [4.69, 9.17) is 0 Å². The van der Waals surface area contributed by atoms with Gasteiger partial charge in [-0.25, -0.2) is 4.98 Å². The van der Waals surface area contributed by atoms with Gasteiger partial charge in [0.2, 0.25) is 0 Å². The maximum atomic E-state index is 12.3. The van der Waals surface area contributed by atoms with Gasteiger partial charge in [0, 0.05) is 16.9 Å². The first kappa shape index (κ1) is 13.5. The summed E-state index contributed by atoms with van der Waals surface area (Å²) in [6.45, 7) is 0. The standard InChI is InChI=1S/C15H19N3OS/c1-20-12-5-3-11(4-6-12)18-15(19)10-2-7-13-14(8-10)17-9-16-13/h2,7-9,11-12H,3-6H2,1H3,(H,16,17)(H,18,19). The van der Waals surface area contributed by atoms with Crippen LogP contribution in [0, 0.1) is 0 Å². The van der Waals surface area contributed by atoms with Crippen LogP contribution in [0.3, 0.4) is 0 Å². The summed E-state index contributed by atoms with van der Waals surface area (Å²) < 4.78 is 0. The molecule has 1 aliphatic carbocycles. The molecule has 0 radical (unpaired) electrons. The van der Waals surface area contributed by atoms with Crippen molar-refractivity contribution < 1.29 is 4.79 Å². The minimum Gasteiger partial charge on any atom is -0.349 e. The van der Waals surface area contributed by atoms with E-state index >= 15 is 0 Å². The molecule has 2 aromatic rings. The van der Waals surface area contributed by atoms with E-state index in [1.807, 2.05) is 30.0 Å². The van der Waals surface area contributed by atoms with Gasteiger partial charge in [0.25, 0.3) is 5.91 Å². The molecule has 1 aromatic carbocycles. The Morgan fingerprint density at radius 2 is 2.15 bits per heavy atom. The number of H-pyrrole nitrogens is 1. The summed E-state index contributed by atoms with van der Waals surface area (Å²) in [7, 11) is 0. The van der Waals surface area contributed by atoms with Crippen molar-refractivity contribution in [1.82, 2.24) is 15.3 Å². The highest BCUT2D eigenvalue weighted by Crippen LogP contribution is 2.27. The van der Waals surface area contributed by atoms with Crippen LogP contribution in [0.15, 0.2) is 24.5 Å². The van der Waals surface area contributed by atoms with Crippen LogP contribution in [0.4, 0.5) is 0 Å². The SMILES string of the molecule is CSC1CCC(NC(=O)c2ccc3nc[nH]c3c2)CC1. The van der Waals surface area contributed by atoms with Crippen LogP contribution in [-0.2, 0) is 0 Å². The molecule has 1 aromatic heterocycles. The summed E-state index contributed by atoms with van der Waals surface area (Å²) in [4.78, 5) is 19.5. The van der Waals surface area contributed by atoms with E-state index in [1.165, 1.54) is 12.8 Å². The second-order valence-electron chi connectivity index (χ2n) is 5.32. The smallest absolute Gasteiger partial charge is 0.251 e. The topological polar surface area (TPSA) is 57.8 Å². The van der Waals surface area contributed by atoms with Crippen molar-refractivity contribution in [3.8, 4) is 0 Å². The number of imidazole rings is 1. The van der Waals surface area contributed by atoms with E-state index in [-0.39, 0.29) is 5.91 Å². The summed E-state index contributed by atoms with van der Waals surface area (Å²) in [6.07, 6.45) is 8.39. The Labute approximate surface area is 122 Å². The van der Waals surface area contributed by atoms with Crippen LogP contribution in [0.25, 0.3) is 11.0 Å². The molecule has 20 heavy (non-hydrogen) atoms. The number of nitrogens with one attached hydrogen (secondary N) is 2.